The number of hydrogen-bond donors (Lipinski definition) is 1. The fourth-order valence-electron chi connectivity index (χ4n) is 2.88. The predicted octanol–water partition coefficient (Wildman–Crippen LogP) is 2.76. The maximum Gasteiger partial charge on any atom is 0.254 e. The van der Waals surface area contributed by atoms with Gasteiger partial charge in [0, 0.05) is 37.6 Å². The molecule has 0 radical (unpaired) electrons. The Bertz CT molecular complexity index is 799. The number of fused-ring (bicyclic) bond motifs is 1. The van der Waals surface area contributed by atoms with Gasteiger partial charge in [-0.05, 0) is 45.4 Å². The molecular weight excluding hydrogens is 302 g/mol. The third-order valence-corrected chi connectivity index (χ3v) is 4.35. The maximum absolute atomic E-state index is 13.0. The highest BCUT2D eigenvalue weighted by Gasteiger charge is 2.22. The van der Waals surface area contributed by atoms with Crippen LogP contribution in [0.4, 0.5) is 0 Å². The quantitative estimate of drug-likeness (QED) is 0.939. The molecule has 0 aliphatic carbocycles. The number of rotatable bonds is 4. The first kappa shape index (κ1) is 17.9. The summed E-state index contributed by atoms with van der Waals surface area (Å²) in [4.78, 5) is 30.8. The molecular formula is C19H25N3O2. The number of hydrogen-bond acceptors (Lipinski definition) is 3. The van der Waals surface area contributed by atoms with Crippen LogP contribution in [0.2, 0.25) is 0 Å². The highest BCUT2D eigenvalue weighted by Crippen LogP contribution is 2.25. The molecule has 0 spiro atoms. The van der Waals surface area contributed by atoms with Gasteiger partial charge in [0.05, 0.1) is 11.1 Å². The number of nitrogens with zero attached hydrogens (tertiary/aromatic N) is 2. The third kappa shape index (κ3) is 3.55. The first-order valence-electron chi connectivity index (χ1n) is 8.11. The zero-order chi connectivity index (χ0) is 18.0. The van der Waals surface area contributed by atoms with Crippen LogP contribution in [0.5, 0.6) is 0 Å². The summed E-state index contributed by atoms with van der Waals surface area (Å²) in [5.41, 5.74) is 4.46. The number of aromatic nitrogens is 1. The van der Waals surface area contributed by atoms with E-state index in [1.54, 1.807) is 19.0 Å². The number of nitrogens with one attached hydrogen (secondary N) is 1. The second kappa shape index (κ2) is 6.99. The van der Waals surface area contributed by atoms with Crippen LogP contribution in [0.3, 0.4) is 0 Å². The van der Waals surface area contributed by atoms with Crippen LogP contribution >= 0.6 is 0 Å². The van der Waals surface area contributed by atoms with E-state index in [0.29, 0.717) is 5.56 Å². The molecule has 0 saturated heterocycles. The minimum Gasteiger partial charge on any atom is -0.359 e. The molecule has 1 aromatic carbocycles. The molecule has 0 aliphatic heterocycles. The van der Waals surface area contributed by atoms with E-state index in [-0.39, 0.29) is 24.3 Å². The monoisotopic (exact) mass is 327 g/mol. The van der Waals surface area contributed by atoms with Crippen molar-refractivity contribution in [3.05, 3.63) is 40.6 Å². The van der Waals surface area contributed by atoms with Crippen LogP contribution < -0.4 is 5.32 Å². The summed E-state index contributed by atoms with van der Waals surface area (Å²) in [7, 11) is 3.34. The summed E-state index contributed by atoms with van der Waals surface area (Å²) in [5.74, 6) is -0.170. The summed E-state index contributed by atoms with van der Waals surface area (Å²) in [5, 5.41) is 3.46. The van der Waals surface area contributed by atoms with Gasteiger partial charge in [-0.1, -0.05) is 11.6 Å². The number of benzene rings is 1. The molecule has 0 fully saturated rings. The van der Waals surface area contributed by atoms with Gasteiger partial charge < -0.3 is 10.2 Å². The van der Waals surface area contributed by atoms with Crippen molar-refractivity contribution in [2.75, 3.05) is 14.1 Å². The molecule has 24 heavy (non-hydrogen) atoms. The van der Waals surface area contributed by atoms with Gasteiger partial charge in [-0.2, -0.15) is 0 Å². The normalized spacial score (nSPS) is 12.1. The lowest BCUT2D eigenvalue weighted by Gasteiger charge is -2.25. The van der Waals surface area contributed by atoms with Crippen molar-refractivity contribution in [1.29, 1.82) is 0 Å². The fourth-order valence-corrected chi connectivity index (χ4v) is 2.88. The lowest BCUT2D eigenvalue weighted by Crippen LogP contribution is -2.38. The lowest BCUT2D eigenvalue weighted by atomic mass is 10.0. The molecule has 0 unspecified atom stereocenters. The standard InChI is InChI=1S/C19H25N3O2/c1-11-7-12(2)18-15(8-11)16(9-13(3)21-18)19(24)22(6)14(4)10-17(23)20-5/h7-9,14H,10H2,1-6H3,(H,20,23)/t14-/m1/s1. The number of pyridine rings is 1. The second-order valence-corrected chi connectivity index (χ2v) is 6.43. The van der Waals surface area contributed by atoms with Crippen molar-refractivity contribution < 1.29 is 9.59 Å². The van der Waals surface area contributed by atoms with E-state index in [4.69, 9.17) is 0 Å². The van der Waals surface area contributed by atoms with Crippen molar-refractivity contribution in [2.45, 2.75) is 40.2 Å². The SMILES string of the molecule is CNC(=O)C[C@@H](C)N(C)C(=O)c1cc(C)nc2c(C)cc(C)cc12. The minimum atomic E-state index is -0.188. The zero-order valence-electron chi connectivity index (χ0n) is 15.2. The van der Waals surface area contributed by atoms with E-state index in [1.165, 1.54) is 0 Å². The van der Waals surface area contributed by atoms with Crippen LogP contribution in [0, 0.1) is 20.8 Å². The molecule has 2 amide bonds. The molecule has 1 N–H and O–H groups in total. The van der Waals surface area contributed by atoms with E-state index >= 15 is 0 Å². The van der Waals surface area contributed by atoms with Crippen molar-refractivity contribution >= 4 is 22.7 Å². The fraction of sp³-hybridized carbons (Fsp3) is 0.421. The number of amides is 2. The zero-order valence-corrected chi connectivity index (χ0v) is 15.2. The maximum atomic E-state index is 13.0. The van der Waals surface area contributed by atoms with Gasteiger partial charge in [0.2, 0.25) is 5.91 Å². The Morgan fingerprint density at radius 2 is 1.88 bits per heavy atom. The Morgan fingerprint density at radius 3 is 2.50 bits per heavy atom. The molecule has 1 aromatic heterocycles. The third-order valence-electron chi connectivity index (χ3n) is 4.35. The Morgan fingerprint density at radius 1 is 1.21 bits per heavy atom. The van der Waals surface area contributed by atoms with E-state index in [9.17, 15) is 9.59 Å². The van der Waals surface area contributed by atoms with Gasteiger partial charge >= 0.3 is 0 Å². The Balaban J connectivity index is 2.47. The molecule has 5 heteroatoms. The van der Waals surface area contributed by atoms with Crippen molar-refractivity contribution in [3.8, 4) is 0 Å². The van der Waals surface area contributed by atoms with Crippen LogP contribution in [-0.2, 0) is 4.79 Å². The average molecular weight is 327 g/mol. The summed E-state index contributed by atoms with van der Waals surface area (Å²) in [6, 6.07) is 5.71. The number of carbonyl (C=O) groups is 2. The first-order chi connectivity index (χ1) is 11.2. The van der Waals surface area contributed by atoms with Crippen molar-refractivity contribution in [3.63, 3.8) is 0 Å². The van der Waals surface area contributed by atoms with Crippen LogP contribution in [0.25, 0.3) is 10.9 Å². The lowest BCUT2D eigenvalue weighted by molar-refractivity contribution is -0.121. The summed E-state index contributed by atoms with van der Waals surface area (Å²) < 4.78 is 0. The van der Waals surface area contributed by atoms with Gasteiger partial charge in [0.25, 0.3) is 5.91 Å². The van der Waals surface area contributed by atoms with Gasteiger partial charge in [-0.25, -0.2) is 0 Å². The van der Waals surface area contributed by atoms with Crippen LogP contribution in [-0.4, -0.2) is 41.8 Å². The highest BCUT2D eigenvalue weighted by atomic mass is 16.2. The highest BCUT2D eigenvalue weighted by molar-refractivity contribution is 6.07. The summed E-state index contributed by atoms with van der Waals surface area (Å²) in [6.07, 6.45) is 0.277. The Labute approximate surface area is 143 Å². The van der Waals surface area contributed by atoms with E-state index in [0.717, 1.165) is 27.7 Å². The van der Waals surface area contributed by atoms with Crippen molar-refractivity contribution in [1.82, 2.24) is 15.2 Å². The van der Waals surface area contributed by atoms with E-state index < -0.39 is 0 Å². The van der Waals surface area contributed by atoms with Gasteiger partial charge in [0.1, 0.15) is 0 Å². The first-order valence-corrected chi connectivity index (χ1v) is 8.11. The molecule has 0 saturated carbocycles. The molecule has 0 bridgehead atoms. The van der Waals surface area contributed by atoms with Crippen LogP contribution in [0.1, 0.15) is 40.5 Å². The number of aryl methyl sites for hydroxylation is 3. The van der Waals surface area contributed by atoms with E-state index in [2.05, 4.69) is 16.4 Å². The molecule has 1 heterocycles. The minimum absolute atomic E-state index is 0.0791. The summed E-state index contributed by atoms with van der Waals surface area (Å²) >= 11 is 0. The Hall–Kier alpha value is -2.43. The topological polar surface area (TPSA) is 62.3 Å². The predicted molar refractivity (Wildman–Crippen MR) is 96.2 cm³/mol. The molecule has 2 aromatic rings. The molecule has 2 rings (SSSR count). The van der Waals surface area contributed by atoms with Crippen LogP contribution in [0.15, 0.2) is 18.2 Å². The average Bonchev–Trinajstić information content (AvgIpc) is 2.53. The van der Waals surface area contributed by atoms with Gasteiger partial charge in [-0.15, -0.1) is 0 Å². The largest absolute Gasteiger partial charge is 0.359 e. The van der Waals surface area contributed by atoms with Gasteiger partial charge in [0.15, 0.2) is 0 Å². The molecule has 0 aliphatic rings. The van der Waals surface area contributed by atoms with E-state index in [1.807, 2.05) is 39.8 Å². The molecule has 128 valence electrons. The van der Waals surface area contributed by atoms with Gasteiger partial charge in [-0.3, -0.25) is 14.6 Å². The second-order valence-electron chi connectivity index (χ2n) is 6.43. The smallest absolute Gasteiger partial charge is 0.254 e. The summed E-state index contributed by atoms with van der Waals surface area (Å²) in [6.45, 7) is 7.79. The molecule has 1 atom stereocenters. The van der Waals surface area contributed by atoms with Crippen molar-refractivity contribution in [2.24, 2.45) is 0 Å². The number of carbonyl (C=O) groups excluding carboxylic acids is 2. The molecule has 5 nitrogen and oxygen atoms in total. The Kier molecular flexibility index (Phi) is 5.22.